The third kappa shape index (κ3) is 12.0. The first-order valence-corrected chi connectivity index (χ1v) is 28.1. The van der Waals surface area contributed by atoms with Gasteiger partial charge < -0.3 is 65.0 Å². The van der Waals surface area contributed by atoms with Crippen LogP contribution in [0, 0.1) is 39.9 Å². The molecule has 0 spiro atoms. The molecule has 2 aromatic heterocycles. The SMILES string of the molecule is CCc1c(CC)c2cc3nc(cnc4cc(OCC(=O)N[C@H]5C[C@H](O[C@H]6C[C@](O)(C(=O)CO)Cc7c([O-])c8c(c([O-])c76)C(=O)c6c(OC)cccc6C8=O)O[C@@H](C)[C@H]5O)ccc4ncc4nc(cc1[n-]2)C(CCCO)=C4C)C(C)=C3CCCO.[Gd+3]. The second kappa shape index (κ2) is 26.1. The van der Waals surface area contributed by atoms with E-state index >= 15 is 0 Å². The van der Waals surface area contributed by atoms with Gasteiger partial charge in [-0.25, -0.2) is 9.97 Å². The van der Waals surface area contributed by atoms with Crippen LogP contribution in [-0.4, -0.2) is 132 Å². The van der Waals surface area contributed by atoms with Crippen molar-refractivity contribution in [1.29, 1.82) is 0 Å². The second-order valence-corrected chi connectivity index (χ2v) is 21.5. The quantitative estimate of drug-likeness (QED) is 0.0715. The number of nitrogens with zero attached hydrogens (tertiary/aromatic N) is 5. The zero-order valence-electron chi connectivity index (χ0n) is 47.8. The van der Waals surface area contributed by atoms with Gasteiger partial charge in [0.25, 0.3) is 5.91 Å². The molecule has 445 valence electrons. The molecule has 1 radical (unpaired) electrons. The van der Waals surface area contributed by atoms with Crippen molar-refractivity contribution < 1.29 is 114 Å². The van der Waals surface area contributed by atoms with E-state index in [4.69, 9.17) is 43.9 Å². The van der Waals surface area contributed by atoms with Crippen LogP contribution in [0.3, 0.4) is 0 Å². The molecule has 6 bridgehead atoms. The van der Waals surface area contributed by atoms with E-state index in [0.29, 0.717) is 53.8 Å². The molecule has 22 heteroatoms. The van der Waals surface area contributed by atoms with Gasteiger partial charge in [0.2, 0.25) is 0 Å². The minimum atomic E-state index is -2.47. The number of aliphatic hydroxyl groups excluding tert-OH is 4. The van der Waals surface area contributed by atoms with E-state index in [0.717, 1.165) is 63.0 Å². The maximum absolute atomic E-state index is 14.6. The summed E-state index contributed by atoms with van der Waals surface area (Å²) < 4.78 is 23.7. The summed E-state index contributed by atoms with van der Waals surface area (Å²) in [6.45, 7) is 7.93. The van der Waals surface area contributed by atoms with Gasteiger partial charge in [-0.05, 0) is 111 Å². The molecule has 21 nitrogen and oxygen atoms in total. The monoisotopic (exact) mass is 1300 g/mol. The Kier molecular flexibility index (Phi) is 19.3. The molecular formula is C63H65GdN6O15. The fraction of sp³-hybridized carbons (Fsp3) is 0.397. The van der Waals surface area contributed by atoms with Crippen LogP contribution < -0.4 is 30.0 Å². The maximum atomic E-state index is 14.6. The minimum absolute atomic E-state index is 0. The molecule has 0 saturated carbocycles. The number of carbonyl (C=O) groups is 4. The van der Waals surface area contributed by atoms with Crippen molar-refractivity contribution in [2.24, 2.45) is 0 Å². The van der Waals surface area contributed by atoms with Gasteiger partial charge in [0.1, 0.15) is 29.8 Å². The number of carbonyl (C=O) groups excluding carboxylic acids is 4. The molecular weight excluding hydrogens is 1240 g/mol. The molecule has 10 rings (SSSR count). The molecule has 5 aromatic rings. The Bertz CT molecular complexity index is 3800. The van der Waals surface area contributed by atoms with E-state index in [1.54, 1.807) is 30.6 Å². The molecule has 6 N–H and O–H groups in total. The number of allylic oxidation sites excluding steroid dienone is 4. The van der Waals surface area contributed by atoms with Crippen LogP contribution >= 0.6 is 0 Å². The zero-order valence-corrected chi connectivity index (χ0v) is 50.0. The number of rotatable bonds is 17. The molecule has 5 heterocycles. The van der Waals surface area contributed by atoms with Gasteiger partial charge in [0.15, 0.2) is 30.2 Å². The van der Waals surface area contributed by atoms with Crippen LogP contribution in [0.15, 0.2) is 60.9 Å². The van der Waals surface area contributed by atoms with Crippen LogP contribution in [0.25, 0.3) is 44.4 Å². The number of ketones is 3. The molecule has 1 amide bonds. The maximum Gasteiger partial charge on any atom is 3.00 e. The number of fused-ring (bicyclic) bond motifs is 10. The largest absolute Gasteiger partial charge is 3.00 e. The number of ether oxygens (including phenoxy) is 4. The van der Waals surface area contributed by atoms with Crippen molar-refractivity contribution in [3.05, 3.63) is 128 Å². The minimum Gasteiger partial charge on any atom is -0.872 e. The summed E-state index contributed by atoms with van der Waals surface area (Å²) in [7, 11) is 1.28. The third-order valence-corrected chi connectivity index (χ3v) is 16.5. The molecule has 85 heavy (non-hydrogen) atoms. The summed E-state index contributed by atoms with van der Waals surface area (Å²) >= 11 is 0. The van der Waals surface area contributed by atoms with E-state index < -0.39 is 119 Å². The van der Waals surface area contributed by atoms with Gasteiger partial charge in [0.05, 0.1) is 77.1 Å². The Hall–Kier alpha value is -6.70. The van der Waals surface area contributed by atoms with Gasteiger partial charge in [-0.1, -0.05) is 60.7 Å². The molecule has 6 atom stereocenters. The Labute approximate surface area is 521 Å². The standard InChI is InChI=1S/C63H68N6O15.Gd/c1-7-34-35(8-2)42-22-44-37(14-11-19-71)31(4)48(68-44)27-65-45-20-33(16-17-40(45)64-26-47-30(3)36(13-10-18-70)43(67-47)21-41(34)66-42)82-29-52(74)69-46-23-53(83-32(5)58(46)75)84-50-25-63(80,51(73)28-72)24-39-55(50)62(79)57-56(60(39)77)59(76)38-12-9-15-49(81-6)54(38)61(57)78;/h9,12,15-17,20-22,26-27,32,46,50,53,58,70-72,75,80H,7-8,10-11,13-14,18-19,23-25,28-29H2,1-6H3,(H4,64,65,66,67,68,69,74,76,77,78,79);/q;+3/p-3/t32-,46-,50-,53-,58+,63-;/m0./s1. The molecule has 3 aliphatic heterocycles. The Balaban J connectivity index is 0.00000865. The summed E-state index contributed by atoms with van der Waals surface area (Å²) in [6, 6.07) is 12.0. The van der Waals surface area contributed by atoms with Crippen LogP contribution in [0.4, 0.5) is 0 Å². The van der Waals surface area contributed by atoms with E-state index in [2.05, 4.69) is 19.2 Å². The van der Waals surface area contributed by atoms with Gasteiger partial charge in [-0.3, -0.25) is 29.1 Å². The molecule has 2 aliphatic carbocycles. The average molecular weight is 1300 g/mol. The topological polar surface area (TPSA) is 330 Å². The van der Waals surface area contributed by atoms with Gasteiger partial charge in [-0.15, -0.1) is 11.0 Å². The van der Waals surface area contributed by atoms with Crippen molar-refractivity contribution in [3.63, 3.8) is 0 Å². The average Bonchev–Trinajstić information content (AvgIpc) is 2.93. The fourth-order valence-electron chi connectivity index (χ4n) is 12.0. The predicted octanol–water partition coefficient (Wildman–Crippen LogP) is 4.79. The number of amides is 1. The number of nitrogens with one attached hydrogen (secondary N) is 1. The van der Waals surface area contributed by atoms with Gasteiger partial charge >= 0.3 is 39.9 Å². The van der Waals surface area contributed by atoms with Crippen molar-refractivity contribution >= 4 is 67.6 Å². The van der Waals surface area contributed by atoms with Crippen molar-refractivity contribution in [2.75, 3.05) is 33.5 Å². The first-order chi connectivity index (χ1) is 40.4. The number of methoxy groups -OCH3 is 1. The molecule has 1 saturated heterocycles. The number of benzene rings is 3. The number of hydrogen-bond acceptors (Lipinski definition) is 19. The van der Waals surface area contributed by atoms with E-state index in [-0.39, 0.29) is 82.2 Å². The number of hydrogen-bond donors (Lipinski definition) is 6. The summed E-state index contributed by atoms with van der Waals surface area (Å²) in [4.78, 5) is 80.0. The number of aryl methyl sites for hydroxylation is 2. The Morgan fingerprint density at radius 3 is 2.02 bits per heavy atom. The summed E-state index contributed by atoms with van der Waals surface area (Å²) in [5.41, 5.74) is 5.82. The zero-order chi connectivity index (χ0) is 59.9. The van der Waals surface area contributed by atoms with E-state index in [1.807, 2.05) is 26.0 Å². The van der Waals surface area contributed by atoms with Crippen molar-refractivity contribution in [3.8, 4) is 23.0 Å². The fourth-order valence-corrected chi connectivity index (χ4v) is 12.0. The second-order valence-electron chi connectivity index (χ2n) is 21.5. The molecule has 0 unspecified atom stereocenters. The molecule has 1 fully saturated rings. The third-order valence-electron chi connectivity index (χ3n) is 16.5. The number of aromatic nitrogens is 5. The number of aliphatic hydroxyl groups is 5. The van der Waals surface area contributed by atoms with E-state index in [9.17, 15) is 54.9 Å². The molecule has 5 aliphatic rings. The Morgan fingerprint density at radius 1 is 0.824 bits per heavy atom. The smallest absolute Gasteiger partial charge is 0.872 e. The van der Waals surface area contributed by atoms with Gasteiger partial charge in [-0.2, -0.15) is 0 Å². The van der Waals surface area contributed by atoms with Crippen LogP contribution in [-0.2, 0) is 38.3 Å². The first kappa shape index (κ1) is 62.8. The summed E-state index contributed by atoms with van der Waals surface area (Å²) in [6.07, 6.45) is -0.133. The van der Waals surface area contributed by atoms with Gasteiger partial charge in [0, 0.05) is 55.2 Å². The summed E-state index contributed by atoms with van der Waals surface area (Å²) in [5, 5.41) is 84.5. The van der Waals surface area contributed by atoms with Crippen LogP contribution in [0.2, 0.25) is 0 Å². The van der Waals surface area contributed by atoms with Crippen LogP contribution in [0.1, 0.15) is 156 Å². The van der Waals surface area contributed by atoms with Crippen molar-refractivity contribution in [1.82, 2.24) is 30.2 Å². The predicted molar refractivity (Wildman–Crippen MR) is 303 cm³/mol. The number of Topliss-reactive ketones (excluding diaryl/α,β-unsaturated/α-hetero) is 1. The summed E-state index contributed by atoms with van der Waals surface area (Å²) in [5.74, 6) is -5.54. The first-order valence-electron chi connectivity index (χ1n) is 28.1. The van der Waals surface area contributed by atoms with Crippen LogP contribution in [0.5, 0.6) is 23.0 Å². The normalized spacial score (nSPS) is 20.7. The van der Waals surface area contributed by atoms with Crippen molar-refractivity contribution in [2.45, 2.75) is 129 Å². The Morgan fingerprint density at radius 2 is 1.44 bits per heavy atom. The molecule has 3 aromatic carbocycles. The van der Waals surface area contributed by atoms with E-state index in [1.165, 1.54) is 32.2 Å².